The van der Waals surface area contributed by atoms with E-state index in [0.29, 0.717) is 13.2 Å². The molecule has 0 radical (unpaired) electrons. The summed E-state index contributed by atoms with van der Waals surface area (Å²) in [5, 5.41) is 0. The second kappa shape index (κ2) is 5.80. The van der Waals surface area contributed by atoms with E-state index in [4.69, 9.17) is 9.47 Å². The van der Waals surface area contributed by atoms with Gasteiger partial charge in [0.05, 0.1) is 20.3 Å². The third-order valence-corrected chi connectivity index (χ3v) is 5.44. The average Bonchev–Trinajstić information content (AvgIpc) is 3.18. The van der Waals surface area contributed by atoms with Crippen molar-refractivity contribution in [2.24, 2.45) is 0 Å². The third kappa shape index (κ3) is 2.54. The van der Waals surface area contributed by atoms with E-state index in [0.717, 1.165) is 16.9 Å². The van der Waals surface area contributed by atoms with E-state index in [2.05, 4.69) is 12.1 Å². The van der Waals surface area contributed by atoms with Crippen molar-refractivity contribution in [3.8, 4) is 26.6 Å². The molecule has 0 unspecified atom stereocenters. The molecule has 0 fully saturated rings. The molecule has 0 saturated carbocycles. The van der Waals surface area contributed by atoms with E-state index < -0.39 is 0 Å². The Bertz CT molecular complexity index is 835. The van der Waals surface area contributed by atoms with E-state index in [1.807, 2.05) is 24.3 Å². The summed E-state index contributed by atoms with van der Waals surface area (Å²) >= 11 is 1.74. The molecule has 23 heavy (non-hydrogen) atoms. The van der Waals surface area contributed by atoms with Gasteiger partial charge in [0.15, 0.2) is 0 Å². The third-order valence-electron chi connectivity index (χ3n) is 4.07. The van der Waals surface area contributed by atoms with Crippen molar-refractivity contribution in [1.29, 1.82) is 0 Å². The molecule has 1 aliphatic heterocycles. The van der Waals surface area contributed by atoms with Gasteiger partial charge < -0.3 is 9.47 Å². The van der Waals surface area contributed by atoms with Crippen LogP contribution in [-0.2, 0) is 18.0 Å². The van der Waals surface area contributed by atoms with Crippen molar-refractivity contribution < 1.29 is 13.9 Å². The molecule has 0 amide bonds. The number of benzene rings is 2. The molecule has 0 saturated heterocycles. The van der Waals surface area contributed by atoms with Crippen LogP contribution >= 0.6 is 11.3 Å². The summed E-state index contributed by atoms with van der Waals surface area (Å²) in [5.74, 6) is 0.630. The van der Waals surface area contributed by atoms with Gasteiger partial charge in [0.25, 0.3) is 0 Å². The number of thiophene rings is 1. The first-order valence-corrected chi connectivity index (χ1v) is 8.20. The van der Waals surface area contributed by atoms with Crippen LogP contribution < -0.4 is 4.74 Å². The molecule has 2 aromatic carbocycles. The molecule has 0 spiro atoms. The number of hydrogen-bond acceptors (Lipinski definition) is 3. The fraction of sp³-hybridized carbons (Fsp3) is 0.158. The smallest absolute Gasteiger partial charge is 0.123 e. The van der Waals surface area contributed by atoms with Crippen molar-refractivity contribution in [2.75, 3.05) is 7.11 Å². The zero-order valence-corrected chi connectivity index (χ0v) is 13.5. The molecule has 0 N–H and O–H groups in total. The van der Waals surface area contributed by atoms with E-state index in [9.17, 15) is 4.39 Å². The summed E-state index contributed by atoms with van der Waals surface area (Å²) in [6, 6.07) is 14.7. The second-order valence-corrected chi connectivity index (χ2v) is 6.47. The van der Waals surface area contributed by atoms with Crippen LogP contribution in [0.3, 0.4) is 0 Å². The van der Waals surface area contributed by atoms with Crippen molar-refractivity contribution in [1.82, 2.24) is 0 Å². The van der Waals surface area contributed by atoms with Gasteiger partial charge in [-0.25, -0.2) is 4.39 Å². The lowest BCUT2D eigenvalue weighted by Crippen LogP contribution is -1.84. The first kappa shape index (κ1) is 14.4. The van der Waals surface area contributed by atoms with Gasteiger partial charge in [-0.1, -0.05) is 12.1 Å². The average molecular weight is 326 g/mol. The Balaban J connectivity index is 1.82. The van der Waals surface area contributed by atoms with Crippen LogP contribution in [0.4, 0.5) is 4.39 Å². The molecule has 0 bridgehead atoms. The Labute approximate surface area is 138 Å². The summed E-state index contributed by atoms with van der Waals surface area (Å²) in [5.41, 5.74) is 4.68. The molecule has 116 valence electrons. The van der Waals surface area contributed by atoms with Gasteiger partial charge in [0.1, 0.15) is 11.6 Å². The SMILES string of the molecule is COc1ccc(-c2sc(-c3ccc(F)cc3)c3c2COC3)cc1. The van der Waals surface area contributed by atoms with Crippen LogP contribution in [0, 0.1) is 5.82 Å². The summed E-state index contributed by atoms with van der Waals surface area (Å²) in [4.78, 5) is 2.39. The van der Waals surface area contributed by atoms with Crippen molar-refractivity contribution in [3.63, 3.8) is 0 Å². The second-order valence-electron chi connectivity index (χ2n) is 5.45. The van der Waals surface area contributed by atoms with Gasteiger partial charge >= 0.3 is 0 Å². The largest absolute Gasteiger partial charge is 0.497 e. The van der Waals surface area contributed by atoms with E-state index in [1.165, 1.54) is 33.0 Å². The first-order valence-electron chi connectivity index (χ1n) is 7.39. The lowest BCUT2D eigenvalue weighted by molar-refractivity contribution is 0.135. The zero-order valence-electron chi connectivity index (χ0n) is 12.6. The van der Waals surface area contributed by atoms with Gasteiger partial charge in [-0.05, 0) is 47.5 Å². The Hall–Kier alpha value is -2.17. The Morgan fingerprint density at radius 3 is 1.91 bits per heavy atom. The fourth-order valence-corrected chi connectivity index (χ4v) is 4.19. The topological polar surface area (TPSA) is 18.5 Å². The normalized spacial score (nSPS) is 13.1. The number of hydrogen-bond donors (Lipinski definition) is 0. The monoisotopic (exact) mass is 326 g/mol. The fourth-order valence-electron chi connectivity index (χ4n) is 2.87. The highest BCUT2D eigenvalue weighted by atomic mass is 32.1. The molecule has 4 rings (SSSR count). The number of fused-ring (bicyclic) bond motifs is 1. The number of halogens is 1. The summed E-state index contributed by atoms with van der Waals surface area (Å²) in [6.45, 7) is 1.25. The maximum Gasteiger partial charge on any atom is 0.123 e. The molecule has 1 aliphatic rings. The lowest BCUT2D eigenvalue weighted by Gasteiger charge is -2.03. The number of rotatable bonds is 3. The molecule has 1 aromatic heterocycles. The van der Waals surface area contributed by atoms with Crippen LogP contribution in [0.25, 0.3) is 20.9 Å². The minimum atomic E-state index is -0.214. The Morgan fingerprint density at radius 2 is 1.39 bits per heavy atom. The van der Waals surface area contributed by atoms with E-state index >= 15 is 0 Å². The first-order chi connectivity index (χ1) is 11.3. The van der Waals surface area contributed by atoms with Crippen LogP contribution in [0.5, 0.6) is 5.75 Å². The zero-order chi connectivity index (χ0) is 15.8. The summed E-state index contributed by atoms with van der Waals surface area (Å²) in [6.07, 6.45) is 0. The molecule has 0 aliphatic carbocycles. The minimum Gasteiger partial charge on any atom is -0.497 e. The highest BCUT2D eigenvalue weighted by molar-refractivity contribution is 7.19. The van der Waals surface area contributed by atoms with Gasteiger partial charge in [0, 0.05) is 20.9 Å². The van der Waals surface area contributed by atoms with Gasteiger partial charge in [-0.3, -0.25) is 0 Å². The maximum atomic E-state index is 13.2. The Morgan fingerprint density at radius 1 is 0.870 bits per heavy atom. The molecule has 4 heteroatoms. The van der Waals surface area contributed by atoms with E-state index in [1.54, 1.807) is 18.4 Å². The van der Waals surface area contributed by atoms with Gasteiger partial charge in [0.2, 0.25) is 0 Å². The highest BCUT2D eigenvalue weighted by Gasteiger charge is 2.24. The lowest BCUT2D eigenvalue weighted by atomic mass is 10.0. The van der Waals surface area contributed by atoms with Gasteiger partial charge in [-0.2, -0.15) is 0 Å². The predicted octanol–water partition coefficient (Wildman–Crippen LogP) is 5.26. The van der Waals surface area contributed by atoms with Crippen LogP contribution in [0.2, 0.25) is 0 Å². The molecule has 0 atom stereocenters. The molecule has 3 aromatic rings. The highest BCUT2D eigenvalue weighted by Crippen LogP contribution is 2.45. The van der Waals surface area contributed by atoms with Crippen LogP contribution in [0.15, 0.2) is 48.5 Å². The van der Waals surface area contributed by atoms with E-state index in [-0.39, 0.29) is 5.82 Å². The van der Waals surface area contributed by atoms with Crippen LogP contribution in [-0.4, -0.2) is 7.11 Å². The summed E-state index contributed by atoms with van der Waals surface area (Å²) < 4.78 is 24.1. The van der Waals surface area contributed by atoms with Crippen molar-refractivity contribution in [2.45, 2.75) is 13.2 Å². The van der Waals surface area contributed by atoms with Crippen LogP contribution in [0.1, 0.15) is 11.1 Å². The minimum absolute atomic E-state index is 0.214. The standard InChI is InChI=1S/C19H15FO2S/c1-21-15-8-4-13(5-9-15)19-17-11-22-10-16(17)18(23-19)12-2-6-14(20)7-3-12/h2-9H,10-11H2,1H3. The van der Waals surface area contributed by atoms with Crippen molar-refractivity contribution >= 4 is 11.3 Å². The maximum absolute atomic E-state index is 13.2. The molecular formula is C19H15FO2S. The number of methoxy groups -OCH3 is 1. The molecule has 2 heterocycles. The molecular weight excluding hydrogens is 311 g/mol. The number of ether oxygens (including phenoxy) is 2. The molecule has 2 nitrogen and oxygen atoms in total. The van der Waals surface area contributed by atoms with Gasteiger partial charge in [-0.15, -0.1) is 11.3 Å². The predicted molar refractivity (Wildman–Crippen MR) is 90.2 cm³/mol. The van der Waals surface area contributed by atoms with Crippen molar-refractivity contribution in [3.05, 3.63) is 65.5 Å². The Kier molecular flexibility index (Phi) is 3.63. The quantitative estimate of drug-likeness (QED) is 0.653. The summed E-state index contributed by atoms with van der Waals surface area (Å²) in [7, 11) is 1.67.